The second-order valence-corrected chi connectivity index (χ2v) is 8.15. The van der Waals surface area contributed by atoms with Crippen molar-refractivity contribution in [1.82, 2.24) is 4.90 Å². The molecular formula is C21H18ClFN2O2S. The molecule has 0 spiro atoms. The maximum atomic E-state index is 14.0. The summed E-state index contributed by atoms with van der Waals surface area (Å²) in [5.41, 5.74) is 2.15. The Morgan fingerprint density at radius 3 is 2.46 bits per heavy atom. The lowest BCUT2D eigenvalue weighted by Gasteiger charge is -2.17. The Morgan fingerprint density at radius 1 is 1.07 bits per heavy atom. The van der Waals surface area contributed by atoms with Crippen LogP contribution in [0.3, 0.4) is 0 Å². The van der Waals surface area contributed by atoms with Crippen LogP contribution in [0.4, 0.5) is 14.9 Å². The van der Waals surface area contributed by atoms with Gasteiger partial charge in [-0.25, -0.2) is 4.39 Å². The fraction of sp³-hybridized carbons (Fsp3) is 0.238. The Kier molecular flexibility index (Phi) is 5.42. The van der Waals surface area contributed by atoms with Crippen LogP contribution in [0.25, 0.3) is 6.08 Å². The minimum Gasteiger partial charge on any atom is -0.372 e. The predicted octanol–water partition coefficient (Wildman–Crippen LogP) is 5.32. The van der Waals surface area contributed by atoms with Gasteiger partial charge in [0, 0.05) is 29.4 Å². The summed E-state index contributed by atoms with van der Waals surface area (Å²) in [6.07, 6.45) is 4.11. The highest BCUT2D eigenvalue weighted by atomic mass is 35.5. The molecule has 0 bridgehead atoms. The van der Waals surface area contributed by atoms with E-state index in [1.54, 1.807) is 6.08 Å². The van der Waals surface area contributed by atoms with Gasteiger partial charge in [-0.1, -0.05) is 29.8 Å². The highest BCUT2D eigenvalue weighted by Gasteiger charge is 2.35. The molecule has 2 aromatic carbocycles. The third-order valence-electron chi connectivity index (χ3n) is 4.91. The quantitative estimate of drug-likeness (QED) is 0.633. The van der Waals surface area contributed by atoms with E-state index in [1.807, 2.05) is 24.3 Å². The SMILES string of the molecule is O=C1SC(=Cc2ccc(N3CCCC3)cc2)C(=O)N1Cc1c(F)cccc1Cl. The number of benzene rings is 2. The van der Waals surface area contributed by atoms with Crippen LogP contribution in [0, 0.1) is 5.82 Å². The first-order valence-corrected chi connectivity index (χ1v) is 10.3. The van der Waals surface area contributed by atoms with Crippen LogP contribution in [0.1, 0.15) is 24.0 Å². The Hall–Kier alpha value is -2.31. The Morgan fingerprint density at radius 2 is 1.79 bits per heavy atom. The van der Waals surface area contributed by atoms with Crippen molar-refractivity contribution < 1.29 is 14.0 Å². The topological polar surface area (TPSA) is 40.6 Å². The third-order valence-corrected chi connectivity index (χ3v) is 6.18. The van der Waals surface area contributed by atoms with Crippen LogP contribution >= 0.6 is 23.4 Å². The molecule has 28 heavy (non-hydrogen) atoms. The van der Waals surface area contributed by atoms with Crippen molar-refractivity contribution in [2.75, 3.05) is 18.0 Å². The third kappa shape index (κ3) is 3.80. The fourth-order valence-corrected chi connectivity index (χ4v) is 4.45. The molecule has 2 fully saturated rings. The van der Waals surface area contributed by atoms with Crippen LogP contribution in [-0.2, 0) is 11.3 Å². The first kappa shape index (κ1) is 19.0. The van der Waals surface area contributed by atoms with Crippen LogP contribution in [0.2, 0.25) is 5.02 Å². The van der Waals surface area contributed by atoms with Gasteiger partial charge in [-0.15, -0.1) is 0 Å². The zero-order valence-corrected chi connectivity index (χ0v) is 16.6. The Balaban J connectivity index is 1.51. The minimum atomic E-state index is -0.534. The molecule has 0 saturated carbocycles. The lowest BCUT2D eigenvalue weighted by Crippen LogP contribution is -2.28. The molecule has 2 aliphatic heterocycles. The van der Waals surface area contributed by atoms with Crippen LogP contribution in [0.5, 0.6) is 0 Å². The average Bonchev–Trinajstić information content (AvgIpc) is 3.30. The monoisotopic (exact) mass is 416 g/mol. The van der Waals surface area contributed by atoms with Gasteiger partial charge in [0.05, 0.1) is 11.4 Å². The van der Waals surface area contributed by atoms with Crippen LogP contribution in [-0.4, -0.2) is 29.1 Å². The molecule has 2 saturated heterocycles. The molecule has 0 unspecified atom stereocenters. The first-order chi connectivity index (χ1) is 13.5. The van der Waals surface area contributed by atoms with E-state index >= 15 is 0 Å². The molecule has 144 valence electrons. The van der Waals surface area contributed by atoms with Crippen molar-refractivity contribution in [3.05, 3.63) is 69.3 Å². The smallest absolute Gasteiger partial charge is 0.293 e. The van der Waals surface area contributed by atoms with Crippen molar-refractivity contribution in [3.63, 3.8) is 0 Å². The van der Waals surface area contributed by atoms with Gasteiger partial charge in [-0.2, -0.15) is 0 Å². The van der Waals surface area contributed by atoms with E-state index in [4.69, 9.17) is 11.6 Å². The Labute approximate surface area is 172 Å². The van der Waals surface area contributed by atoms with Crippen molar-refractivity contribution >= 4 is 46.3 Å². The summed E-state index contributed by atoms with van der Waals surface area (Å²) in [4.78, 5) is 28.6. The first-order valence-electron chi connectivity index (χ1n) is 9.06. The standard InChI is InChI=1S/C21H18ClFN2O2S/c22-17-4-3-5-18(23)16(17)13-25-20(26)19(28-21(25)27)12-14-6-8-15(9-7-14)24-10-1-2-11-24/h3-9,12H,1-2,10-11,13H2. The molecule has 0 atom stereocenters. The number of carbonyl (C=O) groups excluding carboxylic acids is 2. The second-order valence-electron chi connectivity index (χ2n) is 6.75. The average molecular weight is 417 g/mol. The molecule has 7 heteroatoms. The largest absolute Gasteiger partial charge is 0.372 e. The lowest BCUT2D eigenvalue weighted by atomic mass is 10.1. The molecule has 0 aliphatic carbocycles. The van der Waals surface area contributed by atoms with Crippen molar-refractivity contribution in [1.29, 1.82) is 0 Å². The summed E-state index contributed by atoms with van der Waals surface area (Å²) in [5.74, 6) is -0.967. The number of anilines is 1. The summed E-state index contributed by atoms with van der Waals surface area (Å²) in [6, 6.07) is 12.2. The van der Waals surface area contributed by atoms with Crippen LogP contribution in [0.15, 0.2) is 47.4 Å². The number of imide groups is 1. The molecule has 0 radical (unpaired) electrons. The summed E-state index contributed by atoms with van der Waals surface area (Å²) in [5, 5.41) is -0.232. The van der Waals surface area contributed by atoms with Crippen molar-refractivity contribution in [2.24, 2.45) is 0 Å². The molecule has 2 aromatic rings. The summed E-state index contributed by atoms with van der Waals surface area (Å²) in [6.45, 7) is 1.95. The maximum absolute atomic E-state index is 14.0. The number of thioether (sulfide) groups is 1. The van der Waals surface area contributed by atoms with Crippen molar-refractivity contribution in [2.45, 2.75) is 19.4 Å². The van der Waals surface area contributed by atoms with Gasteiger partial charge < -0.3 is 4.90 Å². The Bertz CT molecular complexity index is 935. The van der Waals surface area contributed by atoms with Crippen LogP contribution < -0.4 is 4.90 Å². The van der Waals surface area contributed by atoms with Gasteiger partial charge >= 0.3 is 0 Å². The van der Waals surface area contributed by atoms with Gasteiger partial charge in [0.15, 0.2) is 0 Å². The fourth-order valence-electron chi connectivity index (χ4n) is 3.39. The molecule has 2 heterocycles. The second kappa shape index (κ2) is 7.97. The van der Waals surface area contributed by atoms with Gasteiger partial charge in [0.25, 0.3) is 11.1 Å². The molecule has 4 nitrogen and oxygen atoms in total. The van der Waals surface area contributed by atoms with E-state index < -0.39 is 17.0 Å². The number of rotatable bonds is 4. The predicted molar refractivity (Wildman–Crippen MR) is 111 cm³/mol. The zero-order valence-electron chi connectivity index (χ0n) is 15.0. The summed E-state index contributed by atoms with van der Waals surface area (Å²) in [7, 11) is 0. The maximum Gasteiger partial charge on any atom is 0.293 e. The zero-order chi connectivity index (χ0) is 19.7. The van der Waals surface area contributed by atoms with Gasteiger partial charge in [-0.05, 0) is 60.5 Å². The molecule has 4 rings (SSSR count). The number of hydrogen-bond donors (Lipinski definition) is 0. The van der Waals surface area contributed by atoms with E-state index in [0.717, 1.165) is 41.0 Å². The van der Waals surface area contributed by atoms with E-state index in [1.165, 1.54) is 31.0 Å². The number of nitrogens with zero attached hydrogens (tertiary/aromatic N) is 2. The molecule has 0 aromatic heterocycles. The van der Waals surface area contributed by atoms with Gasteiger partial charge in [0.2, 0.25) is 0 Å². The van der Waals surface area contributed by atoms with E-state index in [9.17, 15) is 14.0 Å². The number of amides is 2. The van der Waals surface area contributed by atoms with Gasteiger partial charge in [0.1, 0.15) is 5.82 Å². The molecule has 2 aliphatic rings. The van der Waals surface area contributed by atoms with Crippen molar-refractivity contribution in [3.8, 4) is 0 Å². The number of halogens is 2. The molecular weight excluding hydrogens is 399 g/mol. The highest BCUT2D eigenvalue weighted by molar-refractivity contribution is 8.18. The molecule has 2 amide bonds. The normalized spacial score (nSPS) is 18.6. The highest BCUT2D eigenvalue weighted by Crippen LogP contribution is 2.35. The summed E-state index contributed by atoms with van der Waals surface area (Å²) < 4.78 is 14.0. The van der Waals surface area contributed by atoms with E-state index in [2.05, 4.69) is 4.90 Å². The lowest BCUT2D eigenvalue weighted by molar-refractivity contribution is -0.123. The van der Waals surface area contributed by atoms with E-state index in [0.29, 0.717) is 4.91 Å². The van der Waals surface area contributed by atoms with E-state index in [-0.39, 0.29) is 17.1 Å². The minimum absolute atomic E-state index is 0.141. The van der Waals surface area contributed by atoms with Gasteiger partial charge in [-0.3, -0.25) is 14.5 Å². The number of hydrogen-bond acceptors (Lipinski definition) is 4. The summed E-state index contributed by atoms with van der Waals surface area (Å²) >= 11 is 6.88. The number of carbonyl (C=O) groups is 2. The molecule has 0 N–H and O–H groups in total.